The molecule has 2 fully saturated rings. The molecule has 0 aromatic heterocycles. The fourth-order valence-corrected chi connectivity index (χ4v) is 5.04. The van der Waals surface area contributed by atoms with Crippen molar-refractivity contribution in [2.45, 2.75) is 56.5 Å². The lowest BCUT2D eigenvalue weighted by molar-refractivity contribution is -0.387. The molecule has 1 aromatic carbocycles. The topological polar surface area (TPSA) is 75.5 Å². The summed E-state index contributed by atoms with van der Waals surface area (Å²) in [5.74, 6) is 1.34. The normalized spacial score (nSPS) is 21.7. The Hall–Kier alpha value is -1.31. The summed E-state index contributed by atoms with van der Waals surface area (Å²) in [6.45, 7) is 6.02. The molecule has 2 atom stereocenters. The third kappa shape index (κ3) is 5.15. The number of carbonyl (C=O) groups is 1. The number of hydrogen-bond acceptors (Lipinski definition) is 5. The molecule has 150 valence electrons. The summed E-state index contributed by atoms with van der Waals surface area (Å²) in [7, 11) is 0. The number of carbonyl (C=O) groups excluding carboxylic acids is 1. The number of nitro benzene ring substituents is 1. The molecule has 2 bridgehead atoms. The van der Waals surface area contributed by atoms with Crippen LogP contribution >= 0.6 is 24.2 Å². The van der Waals surface area contributed by atoms with Gasteiger partial charge in [0, 0.05) is 30.3 Å². The molecule has 27 heavy (non-hydrogen) atoms. The summed E-state index contributed by atoms with van der Waals surface area (Å²) < 4.78 is 0. The number of nitrogens with zero attached hydrogens (tertiary/aromatic N) is 2. The first kappa shape index (κ1) is 22.0. The lowest BCUT2D eigenvalue weighted by Crippen LogP contribution is -2.42. The van der Waals surface area contributed by atoms with E-state index in [4.69, 9.17) is 0 Å². The maximum atomic E-state index is 13.1. The van der Waals surface area contributed by atoms with Crippen molar-refractivity contribution in [3.8, 4) is 0 Å². The zero-order valence-electron chi connectivity index (χ0n) is 15.8. The minimum atomic E-state index is -0.368. The van der Waals surface area contributed by atoms with E-state index in [9.17, 15) is 14.9 Å². The van der Waals surface area contributed by atoms with E-state index in [-0.39, 0.29) is 41.0 Å². The molecule has 2 aliphatic heterocycles. The molecule has 6 nitrogen and oxygen atoms in total. The van der Waals surface area contributed by atoms with Crippen molar-refractivity contribution in [3.63, 3.8) is 0 Å². The molecule has 0 radical (unpaired) electrons. The van der Waals surface area contributed by atoms with Gasteiger partial charge < -0.3 is 10.2 Å². The quantitative estimate of drug-likeness (QED) is 0.431. The molecule has 8 heteroatoms. The molecule has 1 aromatic rings. The third-order valence-corrected chi connectivity index (χ3v) is 6.34. The Labute approximate surface area is 171 Å². The van der Waals surface area contributed by atoms with E-state index in [1.54, 1.807) is 12.1 Å². The molecule has 2 unspecified atom stereocenters. The van der Waals surface area contributed by atoms with Crippen molar-refractivity contribution in [1.82, 2.24) is 10.2 Å². The van der Waals surface area contributed by atoms with Gasteiger partial charge in [-0.2, -0.15) is 0 Å². The first-order valence-electron chi connectivity index (χ1n) is 9.42. The second-order valence-electron chi connectivity index (χ2n) is 7.56. The Morgan fingerprint density at radius 1 is 1.33 bits per heavy atom. The first-order valence-corrected chi connectivity index (χ1v) is 10.4. The number of fused-ring (bicyclic) bond motifs is 2. The van der Waals surface area contributed by atoms with E-state index >= 15 is 0 Å². The van der Waals surface area contributed by atoms with E-state index in [2.05, 4.69) is 19.2 Å². The van der Waals surface area contributed by atoms with Crippen molar-refractivity contribution in [1.29, 1.82) is 0 Å². The number of hydrogen-bond donors (Lipinski definition) is 1. The SMILES string of the molecule is CC(C)CCSc1ccc(C(=O)N2C3CCNCC2CC3)cc1[N+](=O)[O-].Cl. The van der Waals surface area contributed by atoms with Gasteiger partial charge in [-0.05, 0) is 56.0 Å². The second kappa shape index (κ2) is 9.75. The average molecular weight is 414 g/mol. The van der Waals surface area contributed by atoms with Crippen LogP contribution in [0.1, 0.15) is 49.9 Å². The van der Waals surface area contributed by atoms with Crippen LogP contribution < -0.4 is 5.32 Å². The van der Waals surface area contributed by atoms with Crippen LogP contribution in [0.2, 0.25) is 0 Å². The number of nitro groups is 1. The molecular formula is C19H28ClN3O3S. The van der Waals surface area contributed by atoms with Crippen molar-refractivity contribution in [3.05, 3.63) is 33.9 Å². The lowest BCUT2D eigenvalue weighted by Gasteiger charge is -2.28. The number of rotatable bonds is 6. The van der Waals surface area contributed by atoms with Gasteiger partial charge in [0.2, 0.25) is 0 Å². The van der Waals surface area contributed by atoms with Gasteiger partial charge in [0.25, 0.3) is 11.6 Å². The van der Waals surface area contributed by atoms with Crippen molar-refractivity contribution in [2.75, 3.05) is 18.8 Å². The molecule has 0 aliphatic carbocycles. The van der Waals surface area contributed by atoms with Gasteiger partial charge in [-0.25, -0.2) is 0 Å². The Balaban J connectivity index is 0.00000261. The lowest BCUT2D eigenvalue weighted by atomic mass is 10.1. The minimum Gasteiger partial charge on any atom is -0.331 e. The minimum absolute atomic E-state index is 0. The fraction of sp³-hybridized carbons (Fsp3) is 0.632. The van der Waals surface area contributed by atoms with Gasteiger partial charge in [0.1, 0.15) is 0 Å². The number of benzene rings is 1. The van der Waals surface area contributed by atoms with Crippen LogP contribution in [-0.4, -0.2) is 46.7 Å². The average Bonchev–Trinajstić information content (AvgIpc) is 2.86. The van der Waals surface area contributed by atoms with Crippen LogP contribution in [0.25, 0.3) is 0 Å². The predicted octanol–water partition coefficient (Wildman–Crippen LogP) is 4.12. The zero-order chi connectivity index (χ0) is 18.7. The Morgan fingerprint density at radius 2 is 2.07 bits per heavy atom. The van der Waals surface area contributed by atoms with Crippen LogP contribution in [0.4, 0.5) is 5.69 Å². The summed E-state index contributed by atoms with van der Waals surface area (Å²) in [5.41, 5.74) is 0.480. The Bertz CT molecular complexity index is 672. The van der Waals surface area contributed by atoms with Gasteiger partial charge in [0.05, 0.1) is 9.82 Å². The molecule has 2 aliphatic rings. The summed E-state index contributed by atoms with van der Waals surface area (Å²) >= 11 is 1.50. The zero-order valence-corrected chi connectivity index (χ0v) is 17.5. The van der Waals surface area contributed by atoms with Crippen LogP contribution in [0.15, 0.2) is 23.1 Å². The van der Waals surface area contributed by atoms with E-state index in [0.717, 1.165) is 44.5 Å². The molecule has 2 heterocycles. The summed E-state index contributed by atoms with van der Waals surface area (Å²) in [5, 5.41) is 14.9. The van der Waals surface area contributed by atoms with E-state index in [0.29, 0.717) is 16.4 Å². The number of nitrogens with one attached hydrogen (secondary N) is 1. The number of thioether (sulfide) groups is 1. The summed E-state index contributed by atoms with van der Waals surface area (Å²) in [6, 6.07) is 5.42. The van der Waals surface area contributed by atoms with Gasteiger partial charge in [-0.3, -0.25) is 14.9 Å². The van der Waals surface area contributed by atoms with Gasteiger partial charge in [-0.1, -0.05) is 13.8 Å². The Morgan fingerprint density at radius 3 is 2.78 bits per heavy atom. The van der Waals surface area contributed by atoms with Gasteiger partial charge >= 0.3 is 0 Å². The van der Waals surface area contributed by atoms with Crippen LogP contribution in [0, 0.1) is 16.0 Å². The highest BCUT2D eigenvalue weighted by molar-refractivity contribution is 7.99. The summed E-state index contributed by atoms with van der Waals surface area (Å²) in [4.78, 5) is 26.8. The molecule has 2 saturated heterocycles. The molecular weight excluding hydrogens is 386 g/mol. The standard InChI is InChI=1S/C19H27N3O3S.ClH/c1-13(2)8-10-26-18-6-3-14(11-17(18)22(24)25)19(23)21-15-4-5-16(21)12-20-9-7-15;/h3,6,11,13,15-16,20H,4-5,7-10,12H2,1-2H3;1H. The highest BCUT2D eigenvalue weighted by atomic mass is 35.5. The largest absolute Gasteiger partial charge is 0.331 e. The van der Waals surface area contributed by atoms with E-state index in [1.807, 2.05) is 4.90 Å². The third-order valence-electron chi connectivity index (χ3n) is 5.24. The van der Waals surface area contributed by atoms with Crippen LogP contribution in [0.5, 0.6) is 0 Å². The monoisotopic (exact) mass is 413 g/mol. The second-order valence-corrected chi connectivity index (χ2v) is 8.70. The maximum Gasteiger partial charge on any atom is 0.283 e. The maximum absolute atomic E-state index is 13.1. The molecule has 1 N–H and O–H groups in total. The van der Waals surface area contributed by atoms with Crippen molar-refractivity contribution >= 4 is 35.8 Å². The first-order chi connectivity index (χ1) is 12.5. The summed E-state index contributed by atoms with van der Waals surface area (Å²) in [6.07, 6.45) is 4.00. The van der Waals surface area contributed by atoms with E-state index in [1.165, 1.54) is 17.8 Å². The molecule has 1 amide bonds. The van der Waals surface area contributed by atoms with Gasteiger partial charge in [0.15, 0.2) is 0 Å². The molecule has 0 saturated carbocycles. The highest BCUT2D eigenvalue weighted by Crippen LogP contribution is 2.34. The van der Waals surface area contributed by atoms with E-state index < -0.39 is 0 Å². The van der Waals surface area contributed by atoms with Crippen molar-refractivity contribution in [2.24, 2.45) is 5.92 Å². The molecule has 0 spiro atoms. The number of amides is 1. The predicted molar refractivity (Wildman–Crippen MR) is 111 cm³/mol. The molecule has 3 rings (SSSR count). The van der Waals surface area contributed by atoms with Crippen LogP contribution in [0.3, 0.4) is 0 Å². The van der Waals surface area contributed by atoms with Crippen molar-refractivity contribution < 1.29 is 9.72 Å². The van der Waals surface area contributed by atoms with Crippen LogP contribution in [-0.2, 0) is 0 Å². The Kier molecular flexibility index (Phi) is 7.94. The fourth-order valence-electron chi connectivity index (χ4n) is 3.78. The highest BCUT2D eigenvalue weighted by Gasteiger charge is 2.38. The van der Waals surface area contributed by atoms with Gasteiger partial charge in [-0.15, -0.1) is 24.2 Å². The number of halogens is 1. The smallest absolute Gasteiger partial charge is 0.283 e.